The quantitative estimate of drug-likeness (QED) is 0.602. The Labute approximate surface area is 193 Å². The van der Waals surface area contributed by atoms with Crippen molar-refractivity contribution in [1.29, 1.82) is 0 Å². The van der Waals surface area contributed by atoms with Gasteiger partial charge >= 0.3 is 0 Å². The summed E-state index contributed by atoms with van der Waals surface area (Å²) >= 11 is 12.2. The summed E-state index contributed by atoms with van der Waals surface area (Å²) in [5, 5.41) is 3.56. The lowest BCUT2D eigenvalue weighted by atomic mass is 9.97. The number of sulfonamides is 1. The van der Waals surface area contributed by atoms with Gasteiger partial charge in [-0.3, -0.25) is 4.79 Å². The van der Waals surface area contributed by atoms with E-state index in [1.165, 1.54) is 4.31 Å². The van der Waals surface area contributed by atoms with Crippen molar-refractivity contribution in [2.45, 2.75) is 38.5 Å². The van der Waals surface area contributed by atoms with Gasteiger partial charge in [0.25, 0.3) is 0 Å². The van der Waals surface area contributed by atoms with Crippen LogP contribution in [0, 0.1) is 5.92 Å². The lowest BCUT2D eigenvalue weighted by Gasteiger charge is -2.30. The Morgan fingerprint density at radius 3 is 2.23 bits per heavy atom. The van der Waals surface area contributed by atoms with Crippen LogP contribution in [0.2, 0.25) is 10.0 Å². The Kier molecular flexibility index (Phi) is 7.86. The van der Waals surface area contributed by atoms with Crippen LogP contribution >= 0.6 is 23.2 Å². The van der Waals surface area contributed by atoms with Crippen LogP contribution in [0.15, 0.2) is 42.5 Å². The summed E-state index contributed by atoms with van der Waals surface area (Å²) in [6, 6.07) is 12.1. The van der Waals surface area contributed by atoms with Crippen LogP contribution in [0.4, 0.5) is 5.69 Å². The highest BCUT2D eigenvalue weighted by atomic mass is 35.5. The highest BCUT2D eigenvalue weighted by Crippen LogP contribution is 2.29. The molecule has 1 aliphatic heterocycles. The SMILES string of the molecule is CC(C)Oc1ccc(NC(=O)C2CCN(S(=O)(=O)Cc3c(Cl)cccc3Cl)CC2)cc1. The fourth-order valence-electron chi connectivity index (χ4n) is 3.47. The lowest BCUT2D eigenvalue weighted by Crippen LogP contribution is -2.41. The zero-order valence-electron chi connectivity index (χ0n) is 17.5. The molecule has 0 radical (unpaired) electrons. The molecular weight excluding hydrogens is 459 g/mol. The van der Waals surface area contributed by atoms with Crippen molar-refractivity contribution in [2.75, 3.05) is 18.4 Å². The number of hydrogen-bond acceptors (Lipinski definition) is 4. The van der Waals surface area contributed by atoms with Gasteiger partial charge in [-0.25, -0.2) is 12.7 Å². The molecule has 0 bridgehead atoms. The first-order chi connectivity index (χ1) is 14.7. The number of carbonyl (C=O) groups excluding carboxylic acids is 1. The molecule has 0 saturated carbocycles. The van der Waals surface area contributed by atoms with Crippen LogP contribution < -0.4 is 10.1 Å². The molecule has 0 unspecified atom stereocenters. The van der Waals surface area contributed by atoms with Gasteiger partial charge in [-0.05, 0) is 63.1 Å². The third kappa shape index (κ3) is 6.35. The average molecular weight is 485 g/mol. The van der Waals surface area contributed by atoms with Crippen LogP contribution in [-0.2, 0) is 20.6 Å². The molecule has 3 rings (SSSR count). The molecule has 1 saturated heterocycles. The van der Waals surface area contributed by atoms with Gasteiger partial charge in [-0.1, -0.05) is 29.3 Å². The van der Waals surface area contributed by atoms with Crippen molar-refractivity contribution in [2.24, 2.45) is 5.92 Å². The predicted octanol–water partition coefficient (Wildman–Crippen LogP) is 4.96. The van der Waals surface area contributed by atoms with Gasteiger partial charge in [-0.2, -0.15) is 0 Å². The van der Waals surface area contributed by atoms with Gasteiger partial charge in [-0.15, -0.1) is 0 Å². The van der Waals surface area contributed by atoms with Crippen molar-refractivity contribution in [3.63, 3.8) is 0 Å². The van der Waals surface area contributed by atoms with Gasteiger partial charge in [0.05, 0.1) is 11.9 Å². The third-order valence-electron chi connectivity index (χ3n) is 5.10. The summed E-state index contributed by atoms with van der Waals surface area (Å²) in [6.45, 7) is 4.46. The van der Waals surface area contributed by atoms with Crippen molar-refractivity contribution in [3.8, 4) is 5.75 Å². The molecule has 1 amide bonds. The summed E-state index contributed by atoms with van der Waals surface area (Å²) in [5.41, 5.74) is 1.08. The molecule has 0 aromatic heterocycles. The lowest BCUT2D eigenvalue weighted by molar-refractivity contribution is -0.120. The van der Waals surface area contributed by atoms with E-state index in [4.69, 9.17) is 27.9 Å². The topological polar surface area (TPSA) is 75.7 Å². The van der Waals surface area contributed by atoms with Crippen molar-refractivity contribution in [1.82, 2.24) is 4.31 Å². The van der Waals surface area contributed by atoms with Crippen molar-refractivity contribution < 1.29 is 17.9 Å². The maximum Gasteiger partial charge on any atom is 0.227 e. The van der Waals surface area contributed by atoms with Gasteiger partial charge in [0.2, 0.25) is 15.9 Å². The van der Waals surface area contributed by atoms with Gasteiger partial charge < -0.3 is 10.1 Å². The van der Waals surface area contributed by atoms with E-state index in [-0.39, 0.29) is 36.8 Å². The number of hydrogen-bond donors (Lipinski definition) is 1. The van der Waals surface area contributed by atoms with Crippen LogP contribution in [0.3, 0.4) is 0 Å². The predicted molar refractivity (Wildman–Crippen MR) is 124 cm³/mol. The monoisotopic (exact) mass is 484 g/mol. The number of piperidine rings is 1. The molecule has 1 aliphatic rings. The van der Waals surface area contributed by atoms with Gasteiger partial charge in [0, 0.05) is 40.3 Å². The van der Waals surface area contributed by atoms with Crippen LogP contribution in [0.5, 0.6) is 5.75 Å². The summed E-state index contributed by atoms with van der Waals surface area (Å²) in [6.07, 6.45) is 0.988. The van der Waals surface area contributed by atoms with E-state index < -0.39 is 10.0 Å². The minimum atomic E-state index is -3.59. The smallest absolute Gasteiger partial charge is 0.227 e. The van der Waals surface area contributed by atoms with Crippen molar-refractivity contribution in [3.05, 3.63) is 58.1 Å². The highest BCUT2D eigenvalue weighted by Gasteiger charge is 2.32. The molecule has 2 aromatic carbocycles. The first-order valence-corrected chi connectivity index (χ1v) is 12.5. The zero-order valence-corrected chi connectivity index (χ0v) is 19.8. The molecule has 0 atom stereocenters. The van der Waals surface area contributed by atoms with Crippen LogP contribution in [-0.4, -0.2) is 37.8 Å². The van der Waals surface area contributed by atoms with E-state index in [1.54, 1.807) is 30.3 Å². The van der Waals surface area contributed by atoms with Crippen molar-refractivity contribution >= 4 is 44.8 Å². The zero-order chi connectivity index (χ0) is 22.6. The molecule has 1 fully saturated rings. The van der Waals surface area contributed by atoms with Crippen LogP contribution in [0.1, 0.15) is 32.3 Å². The molecule has 6 nitrogen and oxygen atoms in total. The first kappa shape index (κ1) is 23.9. The normalized spacial score (nSPS) is 15.8. The molecule has 1 heterocycles. The second-order valence-corrected chi connectivity index (χ2v) is 10.6. The fraction of sp³-hybridized carbons (Fsp3) is 0.409. The van der Waals surface area contributed by atoms with Crippen LogP contribution in [0.25, 0.3) is 0 Å². The minimum Gasteiger partial charge on any atom is -0.491 e. The average Bonchev–Trinajstić information content (AvgIpc) is 2.72. The highest BCUT2D eigenvalue weighted by molar-refractivity contribution is 7.88. The summed E-state index contributed by atoms with van der Waals surface area (Å²) in [4.78, 5) is 12.6. The number of anilines is 1. The van der Waals surface area contributed by atoms with E-state index >= 15 is 0 Å². The second-order valence-electron chi connectivity index (χ2n) is 7.81. The number of carbonyl (C=O) groups is 1. The molecule has 9 heteroatoms. The van der Waals surface area contributed by atoms with E-state index in [0.29, 0.717) is 34.1 Å². The number of benzene rings is 2. The number of rotatable bonds is 7. The Morgan fingerprint density at radius 1 is 1.10 bits per heavy atom. The third-order valence-corrected chi connectivity index (χ3v) is 7.61. The molecule has 2 aromatic rings. The standard InChI is InChI=1S/C22H26Cl2N2O4S/c1-15(2)30-18-8-6-17(7-9-18)25-22(27)16-10-12-26(13-11-16)31(28,29)14-19-20(23)4-3-5-21(19)24/h3-9,15-16H,10-14H2,1-2H3,(H,25,27). The maximum atomic E-state index is 12.8. The van der Waals surface area contributed by atoms with Gasteiger partial charge in [0.1, 0.15) is 5.75 Å². The molecule has 0 aliphatic carbocycles. The van der Waals surface area contributed by atoms with E-state index in [1.807, 2.05) is 26.0 Å². The Morgan fingerprint density at radius 2 is 1.68 bits per heavy atom. The largest absolute Gasteiger partial charge is 0.491 e. The number of amides is 1. The van der Waals surface area contributed by atoms with Gasteiger partial charge in [0.15, 0.2) is 0 Å². The summed E-state index contributed by atoms with van der Waals surface area (Å²) < 4.78 is 32.7. The molecule has 31 heavy (non-hydrogen) atoms. The maximum absolute atomic E-state index is 12.8. The Hall–Kier alpha value is -1.80. The fourth-order valence-corrected chi connectivity index (χ4v) is 5.79. The number of ether oxygens (including phenoxy) is 1. The Balaban J connectivity index is 1.55. The molecule has 168 valence electrons. The molecular formula is C22H26Cl2N2O4S. The molecule has 0 spiro atoms. The van der Waals surface area contributed by atoms with E-state index in [0.717, 1.165) is 5.75 Å². The first-order valence-electron chi connectivity index (χ1n) is 10.1. The molecule has 1 N–H and O–H groups in total. The minimum absolute atomic E-state index is 0.0795. The number of halogens is 2. The second kappa shape index (κ2) is 10.2. The number of nitrogens with one attached hydrogen (secondary N) is 1. The number of nitrogens with zero attached hydrogens (tertiary/aromatic N) is 1. The van der Waals surface area contributed by atoms with E-state index in [2.05, 4.69) is 5.32 Å². The summed E-state index contributed by atoms with van der Waals surface area (Å²) in [5.74, 6) is 0.128. The van der Waals surface area contributed by atoms with E-state index in [9.17, 15) is 13.2 Å². The Bertz CT molecular complexity index is 998. The summed E-state index contributed by atoms with van der Waals surface area (Å²) in [7, 11) is -3.59.